The Morgan fingerprint density at radius 1 is 1.28 bits per heavy atom. The number of methoxy groups -OCH3 is 1. The number of nitrogens with one attached hydrogen (secondary N) is 1. The van der Waals surface area contributed by atoms with Gasteiger partial charge in [-0.25, -0.2) is 0 Å². The summed E-state index contributed by atoms with van der Waals surface area (Å²) in [6, 6.07) is 8.94. The van der Waals surface area contributed by atoms with E-state index in [2.05, 4.69) is 9.97 Å². The van der Waals surface area contributed by atoms with Gasteiger partial charge in [-0.15, -0.1) is 0 Å². The SMILES string of the molecule is CCC(=O)N1CC2(CN(C(=O)c3cccnc3)C2)c2c([nH]c3cc(OC)ccc23)[C@H]1CO. The van der Waals surface area contributed by atoms with Crippen molar-refractivity contribution in [3.8, 4) is 5.75 Å². The van der Waals surface area contributed by atoms with Crippen LogP contribution in [0.5, 0.6) is 5.75 Å². The number of ether oxygens (including phenoxy) is 1. The van der Waals surface area contributed by atoms with Gasteiger partial charge in [0.05, 0.1) is 30.7 Å². The molecule has 0 unspecified atom stereocenters. The Balaban J connectivity index is 1.59. The van der Waals surface area contributed by atoms with Crippen molar-refractivity contribution in [1.29, 1.82) is 0 Å². The number of hydrogen-bond acceptors (Lipinski definition) is 5. The van der Waals surface area contributed by atoms with E-state index >= 15 is 0 Å². The van der Waals surface area contributed by atoms with Crippen molar-refractivity contribution in [3.05, 3.63) is 59.5 Å². The molecule has 0 aliphatic carbocycles. The zero-order valence-electron chi connectivity index (χ0n) is 18.2. The number of nitrogens with zero attached hydrogens (tertiary/aromatic N) is 3. The second kappa shape index (κ2) is 7.63. The predicted octanol–water partition coefficient (Wildman–Crippen LogP) is 2.25. The molecule has 1 aromatic carbocycles. The van der Waals surface area contributed by atoms with Crippen LogP contribution in [0.4, 0.5) is 0 Å². The molecule has 1 fully saturated rings. The highest BCUT2D eigenvalue weighted by atomic mass is 16.5. The Morgan fingerprint density at radius 2 is 2.09 bits per heavy atom. The third-order valence-electron chi connectivity index (χ3n) is 6.73. The number of hydrogen-bond donors (Lipinski definition) is 2. The first-order chi connectivity index (χ1) is 15.5. The molecule has 8 heteroatoms. The second-order valence-corrected chi connectivity index (χ2v) is 8.58. The average molecular weight is 434 g/mol. The van der Waals surface area contributed by atoms with Gasteiger partial charge < -0.3 is 24.6 Å². The van der Waals surface area contributed by atoms with E-state index in [1.165, 1.54) is 0 Å². The summed E-state index contributed by atoms with van der Waals surface area (Å²) in [5, 5.41) is 11.3. The third kappa shape index (κ3) is 2.97. The molecule has 2 aliphatic rings. The van der Waals surface area contributed by atoms with Crippen molar-refractivity contribution in [1.82, 2.24) is 19.8 Å². The molecule has 1 atom stereocenters. The van der Waals surface area contributed by atoms with E-state index in [-0.39, 0.29) is 18.4 Å². The van der Waals surface area contributed by atoms with E-state index in [0.717, 1.165) is 27.9 Å². The molecule has 2 amide bonds. The van der Waals surface area contributed by atoms with Crippen LogP contribution in [-0.2, 0) is 10.2 Å². The molecule has 1 saturated heterocycles. The summed E-state index contributed by atoms with van der Waals surface area (Å²) in [7, 11) is 1.62. The number of pyridine rings is 1. The van der Waals surface area contributed by atoms with Gasteiger partial charge in [-0.3, -0.25) is 14.6 Å². The van der Waals surface area contributed by atoms with E-state index < -0.39 is 11.5 Å². The fourth-order valence-corrected chi connectivity index (χ4v) is 5.23. The highest BCUT2D eigenvalue weighted by Gasteiger charge is 2.54. The lowest BCUT2D eigenvalue weighted by Gasteiger charge is -2.56. The number of carbonyl (C=O) groups excluding carboxylic acids is 2. The summed E-state index contributed by atoms with van der Waals surface area (Å²) in [5.41, 5.74) is 2.99. The van der Waals surface area contributed by atoms with E-state index in [9.17, 15) is 14.7 Å². The van der Waals surface area contributed by atoms with Crippen LogP contribution < -0.4 is 4.74 Å². The number of benzene rings is 1. The highest BCUT2D eigenvalue weighted by molar-refractivity contribution is 5.96. The molecular formula is C24H26N4O4. The first kappa shape index (κ1) is 20.5. The van der Waals surface area contributed by atoms with Crippen molar-refractivity contribution in [2.75, 3.05) is 33.4 Å². The quantitative estimate of drug-likeness (QED) is 0.656. The summed E-state index contributed by atoms with van der Waals surface area (Å²) < 4.78 is 5.38. The Kier molecular flexibility index (Phi) is 4.89. The molecule has 166 valence electrons. The average Bonchev–Trinajstić information content (AvgIpc) is 3.20. The lowest BCUT2D eigenvalue weighted by Crippen LogP contribution is -2.68. The lowest BCUT2D eigenvalue weighted by atomic mass is 9.68. The van der Waals surface area contributed by atoms with Gasteiger partial charge in [0.15, 0.2) is 0 Å². The van der Waals surface area contributed by atoms with Gasteiger partial charge in [-0.2, -0.15) is 0 Å². The van der Waals surface area contributed by atoms with Gasteiger partial charge in [0, 0.05) is 61.1 Å². The molecule has 2 aliphatic heterocycles. The number of fused-ring (bicyclic) bond motifs is 4. The molecule has 4 heterocycles. The van der Waals surface area contributed by atoms with Crippen LogP contribution in [0.1, 0.15) is 41.0 Å². The van der Waals surface area contributed by atoms with Crippen LogP contribution in [0, 0.1) is 0 Å². The van der Waals surface area contributed by atoms with Crippen LogP contribution in [-0.4, -0.2) is 70.0 Å². The molecule has 1 spiro atoms. The zero-order chi connectivity index (χ0) is 22.5. The van der Waals surface area contributed by atoms with Crippen molar-refractivity contribution < 1.29 is 19.4 Å². The molecule has 3 aromatic rings. The maximum absolute atomic E-state index is 13.0. The number of rotatable bonds is 4. The van der Waals surface area contributed by atoms with Gasteiger partial charge in [-0.1, -0.05) is 6.92 Å². The highest BCUT2D eigenvalue weighted by Crippen LogP contribution is 2.49. The summed E-state index contributed by atoms with van der Waals surface area (Å²) >= 11 is 0. The third-order valence-corrected chi connectivity index (χ3v) is 6.73. The topological polar surface area (TPSA) is 98.8 Å². The number of aliphatic hydroxyl groups excluding tert-OH is 1. The van der Waals surface area contributed by atoms with Gasteiger partial charge in [0.25, 0.3) is 5.91 Å². The van der Waals surface area contributed by atoms with Crippen molar-refractivity contribution >= 4 is 22.7 Å². The largest absolute Gasteiger partial charge is 0.497 e. The minimum Gasteiger partial charge on any atom is -0.497 e. The molecule has 0 saturated carbocycles. The van der Waals surface area contributed by atoms with Crippen molar-refractivity contribution in [3.63, 3.8) is 0 Å². The number of H-pyrrole nitrogens is 1. The van der Waals surface area contributed by atoms with E-state index in [4.69, 9.17) is 4.74 Å². The monoisotopic (exact) mass is 434 g/mol. The molecule has 5 rings (SSSR count). The Morgan fingerprint density at radius 3 is 2.75 bits per heavy atom. The van der Waals surface area contributed by atoms with Crippen molar-refractivity contribution in [2.45, 2.75) is 24.8 Å². The Hall–Kier alpha value is -3.39. The number of aromatic amines is 1. The summed E-state index contributed by atoms with van der Waals surface area (Å²) in [4.78, 5) is 36.9. The number of carbonyl (C=O) groups is 2. The van der Waals surface area contributed by atoms with E-state index in [1.54, 1.807) is 41.4 Å². The number of likely N-dealkylation sites (tertiary alicyclic amines) is 1. The maximum atomic E-state index is 13.0. The molecule has 8 nitrogen and oxygen atoms in total. The molecule has 2 aromatic heterocycles. The first-order valence-corrected chi connectivity index (χ1v) is 10.8. The molecule has 32 heavy (non-hydrogen) atoms. The maximum Gasteiger partial charge on any atom is 0.255 e. The van der Waals surface area contributed by atoms with Gasteiger partial charge in [0.2, 0.25) is 5.91 Å². The van der Waals surface area contributed by atoms with Gasteiger partial charge in [-0.05, 0) is 29.8 Å². The number of aliphatic hydroxyl groups is 1. The zero-order valence-corrected chi connectivity index (χ0v) is 18.2. The summed E-state index contributed by atoms with van der Waals surface area (Å²) in [6.07, 6.45) is 3.58. The number of aromatic nitrogens is 2. The Labute approximate surface area is 185 Å². The van der Waals surface area contributed by atoms with Crippen LogP contribution >= 0.6 is 0 Å². The van der Waals surface area contributed by atoms with E-state index in [1.807, 2.05) is 25.1 Å². The second-order valence-electron chi connectivity index (χ2n) is 8.58. The standard InChI is InChI=1S/C24H26N4O4/c1-3-20(30)28-14-24(12-27(13-24)23(31)15-5-4-8-25-10-15)21-17-7-6-16(32-2)9-18(17)26-22(21)19(28)11-29/h4-10,19,26,29H,3,11-14H2,1-2H3/t19-/m1/s1. The molecular weight excluding hydrogens is 408 g/mol. The fraction of sp³-hybridized carbons (Fsp3) is 0.375. The normalized spacial score (nSPS) is 19.0. The van der Waals surface area contributed by atoms with Crippen LogP contribution in [0.2, 0.25) is 0 Å². The minimum absolute atomic E-state index is 0.0117. The van der Waals surface area contributed by atoms with Crippen molar-refractivity contribution in [2.24, 2.45) is 0 Å². The first-order valence-electron chi connectivity index (χ1n) is 10.8. The van der Waals surface area contributed by atoms with Crippen LogP contribution in [0.25, 0.3) is 10.9 Å². The number of amides is 2. The molecule has 0 radical (unpaired) electrons. The Bertz CT molecular complexity index is 1180. The predicted molar refractivity (Wildman–Crippen MR) is 119 cm³/mol. The summed E-state index contributed by atoms with van der Waals surface area (Å²) in [5.74, 6) is 0.654. The molecule has 2 N–H and O–H groups in total. The van der Waals surface area contributed by atoms with Gasteiger partial charge in [0.1, 0.15) is 5.75 Å². The summed E-state index contributed by atoms with van der Waals surface area (Å²) in [6.45, 7) is 3.12. The van der Waals surface area contributed by atoms with Crippen LogP contribution in [0.15, 0.2) is 42.7 Å². The lowest BCUT2D eigenvalue weighted by molar-refractivity contribution is -0.138. The van der Waals surface area contributed by atoms with E-state index in [0.29, 0.717) is 31.6 Å². The smallest absolute Gasteiger partial charge is 0.255 e. The molecule has 0 bridgehead atoms. The van der Waals surface area contributed by atoms with Gasteiger partial charge >= 0.3 is 0 Å². The minimum atomic E-state index is -0.440. The fourth-order valence-electron chi connectivity index (χ4n) is 5.23. The van der Waals surface area contributed by atoms with Crippen LogP contribution in [0.3, 0.4) is 0 Å².